The van der Waals surface area contributed by atoms with Crippen molar-refractivity contribution in [3.8, 4) is 5.75 Å². The summed E-state index contributed by atoms with van der Waals surface area (Å²) in [6.45, 7) is 2.85. The Labute approximate surface area is 180 Å². The third-order valence-electron chi connectivity index (χ3n) is 5.09. The molecule has 0 atom stereocenters. The average Bonchev–Trinajstić information content (AvgIpc) is 3.11. The fraction of sp³-hybridized carbons (Fsp3) is 0.273. The summed E-state index contributed by atoms with van der Waals surface area (Å²) in [5, 5.41) is 5.24. The molecule has 0 aliphatic carbocycles. The number of benzene rings is 2. The second kappa shape index (κ2) is 8.52. The summed E-state index contributed by atoms with van der Waals surface area (Å²) < 4.78 is 36.4. The van der Waals surface area contributed by atoms with Crippen LogP contribution in [0.15, 0.2) is 52.9 Å². The molecule has 8 nitrogen and oxygen atoms in total. The van der Waals surface area contributed by atoms with Crippen LogP contribution < -0.4 is 9.88 Å². The molecule has 1 aliphatic heterocycles. The average molecular weight is 442 g/mol. The number of primary sulfonamides is 1. The first-order valence-corrected chi connectivity index (χ1v) is 11.5. The van der Waals surface area contributed by atoms with Crippen LogP contribution in [-0.2, 0) is 32.7 Å². The number of hydrogen-bond acceptors (Lipinski definition) is 6. The second-order valence-electron chi connectivity index (χ2n) is 7.30. The van der Waals surface area contributed by atoms with E-state index in [4.69, 9.17) is 14.6 Å². The lowest BCUT2D eigenvalue weighted by molar-refractivity contribution is -0.140. The fourth-order valence-corrected chi connectivity index (χ4v) is 4.00. The van der Waals surface area contributed by atoms with Gasteiger partial charge in [0.05, 0.1) is 21.5 Å². The summed E-state index contributed by atoms with van der Waals surface area (Å²) in [6, 6.07) is 12.0. The van der Waals surface area contributed by atoms with Gasteiger partial charge in [-0.05, 0) is 36.8 Å². The Morgan fingerprint density at radius 1 is 1.26 bits per heavy atom. The molecular weight excluding hydrogens is 418 g/mol. The van der Waals surface area contributed by atoms with Crippen molar-refractivity contribution in [3.63, 3.8) is 0 Å². The first-order valence-electron chi connectivity index (χ1n) is 9.98. The van der Waals surface area contributed by atoms with E-state index in [9.17, 15) is 13.2 Å². The molecule has 0 fully saturated rings. The molecule has 162 valence electrons. The number of aromatic nitrogens is 2. The molecule has 0 amide bonds. The molecule has 0 unspecified atom stereocenters. The number of rotatable bonds is 7. The molecule has 0 saturated carbocycles. The number of aryl methyl sites for hydroxylation is 1. The van der Waals surface area contributed by atoms with Gasteiger partial charge in [0.1, 0.15) is 24.8 Å². The van der Waals surface area contributed by atoms with Gasteiger partial charge in [0.2, 0.25) is 10.0 Å². The van der Waals surface area contributed by atoms with Gasteiger partial charge in [0.15, 0.2) is 0 Å². The minimum absolute atomic E-state index is 0.00754. The van der Waals surface area contributed by atoms with E-state index < -0.39 is 16.0 Å². The van der Waals surface area contributed by atoms with E-state index in [1.165, 1.54) is 12.1 Å². The van der Waals surface area contributed by atoms with Crippen molar-refractivity contribution in [1.29, 1.82) is 0 Å². The number of unbranched alkanes of at least 4 members (excludes halogenated alkanes) is 1. The van der Waals surface area contributed by atoms with Gasteiger partial charge in [0.25, 0.3) is 0 Å². The normalized spacial score (nSPS) is 13.4. The van der Waals surface area contributed by atoms with E-state index in [1.807, 2.05) is 28.8 Å². The van der Waals surface area contributed by atoms with Crippen molar-refractivity contribution < 1.29 is 22.7 Å². The van der Waals surface area contributed by atoms with Crippen molar-refractivity contribution >= 4 is 33.1 Å². The number of carbonyl (C=O) groups excluding carboxylic acids is 1. The molecule has 2 heterocycles. The van der Waals surface area contributed by atoms with Gasteiger partial charge in [-0.15, -0.1) is 0 Å². The van der Waals surface area contributed by atoms with Crippen molar-refractivity contribution in [1.82, 2.24) is 9.55 Å². The zero-order chi connectivity index (χ0) is 22.0. The highest BCUT2D eigenvalue weighted by Crippen LogP contribution is 2.26. The van der Waals surface area contributed by atoms with Crippen LogP contribution in [0.3, 0.4) is 0 Å². The molecule has 0 radical (unpaired) electrons. The number of carbonyl (C=O) groups is 1. The molecule has 2 N–H and O–H groups in total. The molecule has 1 aromatic heterocycles. The Hall–Kier alpha value is -3.17. The maximum atomic E-state index is 12.6. The number of nitrogens with zero attached hydrogens (tertiary/aromatic N) is 2. The van der Waals surface area contributed by atoms with Crippen molar-refractivity contribution in [2.24, 2.45) is 5.14 Å². The minimum atomic E-state index is -3.84. The molecular formula is C22H23N3O5S. The van der Waals surface area contributed by atoms with Crippen LogP contribution in [0.25, 0.3) is 17.1 Å². The molecule has 3 aromatic rings. The monoisotopic (exact) mass is 441 g/mol. The molecule has 0 bridgehead atoms. The summed E-state index contributed by atoms with van der Waals surface area (Å²) in [5.41, 5.74) is 2.50. The Morgan fingerprint density at radius 3 is 2.84 bits per heavy atom. The Balaban J connectivity index is 1.58. The number of ether oxygens (including phenoxy) is 2. The second-order valence-corrected chi connectivity index (χ2v) is 8.86. The zero-order valence-corrected chi connectivity index (χ0v) is 17.9. The third-order valence-corrected chi connectivity index (χ3v) is 6.00. The van der Waals surface area contributed by atoms with Gasteiger partial charge in [0, 0.05) is 12.1 Å². The van der Waals surface area contributed by atoms with Crippen LogP contribution in [0.5, 0.6) is 5.75 Å². The van der Waals surface area contributed by atoms with Crippen molar-refractivity contribution in [3.05, 3.63) is 59.4 Å². The lowest BCUT2D eigenvalue weighted by Crippen LogP contribution is -2.18. The van der Waals surface area contributed by atoms with E-state index >= 15 is 0 Å². The Kier molecular flexibility index (Phi) is 5.79. The predicted octanol–water partition coefficient (Wildman–Crippen LogP) is 3.00. The number of imidazole rings is 1. The van der Waals surface area contributed by atoms with E-state index in [0.717, 1.165) is 29.7 Å². The van der Waals surface area contributed by atoms with Gasteiger partial charge in [-0.2, -0.15) is 0 Å². The molecule has 0 saturated heterocycles. The summed E-state index contributed by atoms with van der Waals surface area (Å²) in [6.07, 6.45) is 3.64. The van der Waals surface area contributed by atoms with Crippen LogP contribution in [0.1, 0.15) is 31.2 Å². The highest BCUT2D eigenvalue weighted by Gasteiger charge is 2.20. The maximum absolute atomic E-state index is 12.6. The number of para-hydroxylation sites is 1. The van der Waals surface area contributed by atoms with E-state index in [-0.39, 0.29) is 18.1 Å². The van der Waals surface area contributed by atoms with Gasteiger partial charge < -0.3 is 14.0 Å². The van der Waals surface area contributed by atoms with E-state index in [1.54, 1.807) is 12.1 Å². The maximum Gasteiger partial charge on any atom is 0.337 e. The summed E-state index contributed by atoms with van der Waals surface area (Å²) >= 11 is 0. The van der Waals surface area contributed by atoms with Crippen LogP contribution in [0.4, 0.5) is 0 Å². The topological polar surface area (TPSA) is 114 Å². The fourth-order valence-electron chi connectivity index (χ4n) is 3.47. The standard InChI is InChI=1S/C22H23N3O5S/c1-2-3-10-25-19-9-8-17(31(23,27)28)12-18(19)24-21(25)14-30-22(26)16-11-15-6-4-5-7-20(15)29-13-16/h4-9,11-12H,2-3,10,13-14H2,1H3,(H2,23,27,28). The lowest BCUT2D eigenvalue weighted by atomic mass is 10.1. The number of hydrogen-bond donors (Lipinski definition) is 1. The Bertz CT molecular complexity index is 1280. The first kappa shape index (κ1) is 21.1. The molecule has 0 spiro atoms. The number of fused-ring (bicyclic) bond motifs is 2. The predicted molar refractivity (Wildman–Crippen MR) is 116 cm³/mol. The molecule has 9 heteroatoms. The van der Waals surface area contributed by atoms with Crippen LogP contribution in [0.2, 0.25) is 0 Å². The summed E-state index contributed by atoms with van der Waals surface area (Å²) in [4.78, 5) is 17.1. The first-order chi connectivity index (χ1) is 14.9. The highest BCUT2D eigenvalue weighted by molar-refractivity contribution is 7.89. The van der Waals surface area contributed by atoms with Crippen LogP contribution in [-0.4, -0.2) is 30.5 Å². The summed E-state index contributed by atoms with van der Waals surface area (Å²) in [7, 11) is -3.84. The zero-order valence-electron chi connectivity index (χ0n) is 17.1. The van der Waals surface area contributed by atoms with Crippen molar-refractivity contribution in [2.75, 3.05) is 6.61 Å². The molecule has 2 aromatic carbocycles. The molecule has 4 rings (SSSR count). The lowest BCUT2D eigenvalue weighted by Gasteiger charge is -2.17. The van der Waals surface area contributed by atoms with Crippen LogP contribution in [0, 0.1) is 0 Å². The van der Waals surface area contributed by atoms with Gasteiger partial charge in [-0.1, -0.05) is 31.5 Å². The smallest absolute Gasteiger partial charge is 0.337 e. The molecule has 1 aliphatic rings. The van der Waals surface area contributed by atoms with Gasteiger partial charge >= 0.3 is 5.97 Å². The quantitative estimate of drug-likeness (QED) is 0.564. The van der Waals surface area contributed by atoms with Crippen molar-refractivity contribution in [2.45, 2.75) is 37.8 Å². The summed E-state index contributed by atoms with van der Waals surface area (Å²) in [5.74, 6) is 0.793. The third kappa shape index (κ3) is 4.47. The van der Waals surface area contributed by atoms with E-state index in [0.29, 0.717) is 23.5 Å². The van der Waals surface area contributed by atoms with Gasteiger partial charge in [-0.25, -0.2) is 23.3 Å². The highest BCUT2D eigenvalue weighted by atomic mass is 32.2. The Morgan fingerprint density at radius 2 is 2.06 bits per heavy atom. The van der Waals surface area contributed by atoms with E-state index in [2.05, 4.69) is 11.9 Å². The molecule has 31 heavy (non-hydrogen) atoms. The number of esters is 1. The largest absolute Gasteiger partial charge is 0.488 e. The van der Waals surface area contributed by atoms with Gasteiger partial charge in [-0.3, -0.25) is 0 Å². The number of nitrogens with two attached hydrogens (primary N) is 1. The SMILES string of the molecule is CCCCn1c(COC(=O)C2=Cc3ccccc3OC2)nc2cc(S(N)(=O)=O)ccc21. The van der Waals surface area contributed by atoms with Crippen LogP contribution >= 0.6 is 0 Å². The number of sulfonamides is 1. The minimum Gasteiger partial charge on any atom is -0.488 e.